The summed E-state index contributed by atoms with van der Waals surface area (Å²) >= 11 is 0. The van der Waals surface area contributed by atoms with Gasteiger partial charge in [-0.1, -0.05) is 26.0 Å². The second-order valence-corrected chi connectivity index (χ2v) is 9.96. The number of fused-ring (bicyclic) bond motifs is 1. The largest absolute Gasteiger partial charge is 0.497 e. The molecule has 8 heteroatoms. The minimum Gasteiger partial charge on any atom is -0.497 e. The SMILES string of the molecule is COc1ccc(Oc2nc(N3CCCCC3)nc3c2CN(C(=O)Nc2ccc(C(C)C)cc2)CC3)cc1. The number of hydrogen-bond acceptors (Lipinski definition) is 6. The van der Waals surface area contributed by atoms with Crippen LogP contribution in [0.1, 0.15) is 55.8 Å². The normalized spacial score (nSPS) is 15.4. The monoisotopic (exact) mass is 501 g/mol. The molecule has 2 aliphatic heterocycles. The number of carbonyl (C=O) groups is 1. The van der Waals surface area contributed by atoms with E-state index in [2.05, 4.69) is 36.2 Å². The average molecular weight is 502 g/mol. The number of anilines is 2. The number of aromatic nitrogens is 2. The number of amides is 2. The van der Waals surface area contributed by atoms with Gasteiger partial charge >= 0.3 is 6.03 Å². The molecule has 1 N–H and O–H groups in total. The number of nitrogens with one attached hydrogen (secondary N) is 1. The molecule has 1 saturated heterocycles. The Morgan fingerprint density at radius 3 is 2.30 bits per heavy atom. The average Bonchev–Trinajstić information content (AvgIpc) is 2.94. The van der Waals surface area contributed by atoms with E-state index in [0.717, 1.165) is 48.6 Å². The van der Waals surface area contributed by atoms with Crippen molar-refractivity contribution in [2.24, 2.45) is 0 Å². The van der Waals surface area contributed by atoms with Crippen LogP contribution in [-0.4, -0.2) is 47.6 Å². The first-order valence-corrected chi connectivity index (χ1v) is 13.1. The second-order valence-electron chi connectivity index (χ2n) is 9.96. The van der Waals surface area contributed by atoms with Gasteiger partial charge in [-0.2, -0.15) is 4.98 Å². The predicted octanol–water partition coefficient (Wildman–Crippen LogP) is 5.98. The first-order valence-electron chi connectivity index (χ1n) is 13.1. The molecule has 3 heterocycles. The zero-order chi connectivity index (χ0) is 25.8. The van der Waals surface area contributed by atoms with Crippen LogP contribution < -0.4 is 19.7 Å². The van der Waals surface area contributed by atoms with Crippen LogP contribution in [-0.2, 0) is 13.0 Å². The Balaban J connectivity index is 1.38. The molecule has 0 aliphatic carbocycles. The minimum absolute atomic E-state index is 0.140. The molecule has 1 aromatic heterocycles. The molecule has 2 aromatic carbocycles. The molecule has 194 valence electrons. The maximum Gasteiger partial charge on any atom is 0.322 e. The summed E-state index contributed by atoms with van der Waals surface area (Å²) in [6.45, 7) is 7.18. The van der Waals surface area contributed by atoms with Crippen LogP contribution in [0, 0.1) is 0 Å². The Labute approximate surface area is 218 Å². The van der Waals surface area contributed by atoms with Gasteiger partial charge in [0.05, 0.1) is 24.9 Å². The quantitative estimate of drug-likeness (QED) is 0.448. The zero-order valence-corrected chi connectivity index (χ0v) is 21.9. The lowest BCUT2D eigenvalue weighted by Crippen LogP contribution is -2.40. The van der Waals surface area contributed by atoms with E-state index in [0.29, 0.717) is 43.0 Å². The Kier molecular flexibility index (Phi) is 7.44. The summed E-state index contributed by atoms with van der Waals surface area (Å²) in [5.74, 6) is 3.09. The number of urea groups is 1. The molecule has 0 saturated carbocycles. The molecule has 1 fully saturated rings. The molecule has 0 spiro atoms. The summed E-state index contributed by atoms with van der Waals surface area (Å²) in [4.78, 5) is 27.0. The van der Waals surface area contributed by atoms with Crippen LogP contribution >= 0.6 is 0 Å². The number of ether oxygens (including phenoxy) is 2. The third-order valence-electron chi connectivity index (χ3n) is 7.04. The van der Waals surface area contributed by atoms with Crippen LogP contribution in [0.2, 0.25) is 0 Å². The van der Waals surface area contributed by atoms with Crippen molar-refractivity contribution in [2.45, 2.75) is 52.0 Å². The molecule has 2 aliphatic rings. The first-order chi connectivity index (χ1) is 18.0. The number of rotatable bonds is 6. The molecule has 0 unspecified atom stereocenters. The van der Waals surface area contributed by atoms with Crippen molar-refractivity contribution in [3.63, 3.8) is 0 Å². The fraction of sp³-hybridized carbons (Fsp3) is 0.414. The van der Waals surface area contributed by atoms with Crippen molar-refractivity contribution in [1.29, 1.82) is 0 Å². The maximum atomic E-state index is 13.2. The molecular weight excluding hydrogens is 466 g/mol. The minimum atomic E-state index is -0.140. The van der Waals surface area contributed by atoms with Gasteiger partial charge in [0, 0.05) is 31.7 Å². The van der Waals surface area contributed by atoms with E-state index < -0.39 is 0 Å². The summed E-state index contributed by atoms with van der Waals surface area (Å²) in [5.41, 5.74) is 3.83. The summed E-state index contributed by atoms with van der Waals surface area (Å²) in [6, 6.07) is 15.3. The second kappa shape index (κ2) is 11.1. The fourth-order valence-electron chi connectivity index (χ4n) is 4.77. The third-order valence-corrected chi connectivity index (χ3v) is 7.04. The van der Waals surface area contributed by atoms with Gasteiger partial charge < -0.3 is 24.6 Å². The van der Waals surface area contributed by atoms with E-state index in [9.17, 15) is 4.79 Å². The van der Waals surface area contributed by atoms with Gasteiger partial charge in [-0.3, -0.25) is 0 Å². The Morgan fingerprint density at radius 2 is 1.62 bits per heavy atom. The number of nitrogens with zero attached hydrogens (tertiary/aromatic N) is 4. The molecule has 37 heavy (non-hydrogen) atoms. The lowest BCUT2D eigenvalue weighted by Gasteiger charge is -2.32. The molecule has 2 amide bonds. The smallest absolute Gasteiger partial charge is 0.322 e. The van der Waals surface area contributed by atoms with Gasteiger partial charge in [0.1, 0.15) is 11.5 Å². The van der Waals surface area contributed by atoms with E-state index in [1.54, 1.807) is 12.0 Å². The van der Waals surface area contributed by atoms with Gasteiger partial charge in [-0.15, -0.1) is 0 Å². The van der Waals surface area contributed by atoms with E-state index in [4.69, 9.17) is 19.4 Å². The summed E-state index contributed by atoms with van der Waals surface area (Å²) in [6.07, 6.45) is 4.17. The Hall–Kier alpha value is -3.81. The van der Waals surface area contributed by atoms with Crippen LogP contribution in [0.4, 0.5) is 16.4 Å². The topological polar surface area (TPSA) is 79.8 Å². The van der Waals surface area contributed by atoms with Crippen LogP contribution in [0.25, 0.3) is 0 Å². The van der Waals surface area contributed by atoms with Crippen LogP contribution in [0.3, 0.4) is 0 Å². The molecule has 0 radical (unpaired) electrons. The molecule has 0 atom stereocenters. The summed E-state index contributed by atoms with van der Waals surface area (Å²) < 4.78 is 11.6. The Bertz CT molecular complexity index is 1220. The van der Waals surface area contributed by atoms with Gasteiger partial charge in [0.25, 0.3) is 0 Å². The molecule has 5 rings (SSSR count). The highest BCUT2D eigenvalue weighted by Crippen LogP contribution is 2.33. The predicted molar refractivity (Wildman–Crippen MR) is 145 cm³/mol. The molecule has 0 bridgehead atoms. The number of benzene rings is 2. The first kappa shape index (κ1) is 24.9. The van der Waals surface area contributed by atoms with Gasteiger partial charge in [0.15, 0.2) is 0 Å². The number of methoxy groups -OCH3 is 1. The van der Waals surface area contributed by atoms with E-state index in [1.165, 1.54) is 12.0 Å². The molecule has 3 aromatic rings. The van der Waals surface area contributed by atoms with Crippen molar-refractivity contribution < 1.29 is 14.3 Å². The zero-order valence-electron chi connectivity index (χ0n) is 21.9. The van der Waals surface area contributed by atoms with E-state index in [1.807, 2.05) is 36.4 Å². The summed E-state index contributed by atoms with van der Waals surface area (Å²) in [7, 11) is 1.64. The number of piperidine rings is 1. The van der Waals surface area contributed by atoms with Gasteiger partial charge in [0.2, 0.25) is 11.8 Å². The lowest BCUT2D eigenvalue weighted by atomic mass is 10.0. The standard InChI is InChI=1S/C29H35N5O3/c1-20(2)21-7-9-22(10-8-21)30-29(35)34-18-15-26-25(19-34)27(37-24-13-11-23(36-3)12-14-24)32-28(31-26)33-16-5-4-6-17-33/h7-14,20H,4-6,15-19H2,1-3H3,(H,30,35). The third kappa shape index (κ3) is 5.79. The van der Waals surface area contributed by atoms with Crippen LogP contribution in [0.15, 0.2) is 48.5 Å². The Morgan fingerprint density at radius 1 is 0.919 bits per heavy atom. The van der Waals surface area contributed by atoms with Crippen molar-refractivity contribution >= 4 is 17.7 Å². The van der Waals surface area contributed by atoms with Gasteiger partial charge in [-0.05, 0) is 67.1 Å². The lowest BCUT2D eigenvalue weighted by molar-refractivity contribution is 0.205. The number of carbonyl (C=O) groups excluding carboxylic acids is 1. The summed E-state index contributed by atoms with van der Waals surface area (Å²) in [5, 5.41) is 3.04. The maximum absolute atomic E-state index is 13.2. The van der Waals surface area contributed by atoms with Gasteiger partial charge in [-0.25, -0.2) is 9.78 Å². The van der Waals surface area contributed by atoms with Crippen molar-refractivity contribution in [2.75, 3.05) is 37.0 Å². The number of hydrogen-bond donors (Lipinski definition) is 1. The van der Waals surface area contributed by atoms with Crippen molar-refractivity contribution in [1.82, 2.24) is 14.9 Å². The van der Waals surface area contributed by atoms with E-state index >= 15 is 0 Å². The highest BCUT2D eigenvalue weighted by atomic mass is 16.5. The highest BCUT2D eigenvalue weighted by molar-refractivity contribution is 5.89. The van der Waals surface area contributed by atoms with Crippen molar-refractivity contribution in [3.8, 4) is 17.4 Å². The molecule has 8 nitrogen and oxygen atoms in total. The fourth-order valence-corrected chi connectivity index (χ4v) is 4.77. The molecular formula is C29H35N5O3. The van der Waals surface area contributed by atoms with Crippen LogP contribution in [0.5, 0.6) is 17.4 Å². The van der Waals surface area contributed by atoms with E-state index in [-0.39, 0.29) is 6.03 Å². The highest BCUT2D eigenvalue weighted by Gasteiger charge is 2.28. The van der Waals surface area contributed by atoms with Crippen molar-refractivity contribution in [3.05, 3.63) is 65.4 Å².